The van der Waals surface area contributed by atoms with E-state index in [1.54, 1.807) is 0 Å². The highest BCUT2D eigenvalue weighted by atomic mass is 16.7. The number of rotatable bonds is 12. The predicted molar refractivity (Wildman–Crippen MR) is 91.7 cm³/mol. The summed E-state index contributed by atoms with van der Waals surface area (Å²) in [6.07, 6.45) is 2.20. The van der Waals surface area contributed by atoms with E-state index in [0.29, 0.717) is 38.1 Å². The van der Waals surface area contributed by atoms with Crippen LogP contribution in [0.15, 0.2) is 30.3 Å². The van der Waals surface area contributed by atoms with Crippen molar-refractivity contribution >= 4 is 12.3 Å². The van der Waals surface area contributed by atoms with Crippen molar-refractivity contribution in [2.45, 2.75) is 45.8 Å². The number of aliphatic hydroxyl groups is 1. The number of carbonyl (C=O) groups excluding carboxylic acids is 2. The monoisotopic (exact) mass is 336 g/mol. The molecule has 0 aliphatic rings. The van der Waals surface area contributed by atoms with Crippen LogP contribution in [-0.4, -0.2) is 41.7 Å². The Kier molecular flexibility index (Phi) is 9.72. The summed E-state index contributed by atoms with van der Waals surface area (Å²) >= 11 is 0. The van der Waals surface area contributed by atoms with Crippen molar-refractivity contribution in [3.63, 3.8) is 0 Å². The van der Waals surface area contributed by atoms with E-state index < -0.39 is 6.04 Å². The lowest BCUT2D eigenvalue weighted by molar-refractivity contribution is -0.196. The molecule has 1 aromatic carbocycles. The van der Waals surface area contributed by atoms with Gasteiger partial charge in [-0.3, -0.25) is 14.4 Å². The molecule has 0 aliphatic heterocycles. The fourth-order valence-electron chi connectivity index (χ4n) is 2.16. The molecule has 1 rings (SSSR count). The fourth-order valence-corrected chi connectivity index (χ4v) is 2.16. The molecule has 0 aromatic heterocycles. The summed E-state index contributed by atoms with van der Waals surface area (Å²) in [5, 5.41) is 12.9. The molecule has 0 saturated carbocycles. The quantitative estimate of drug-likeness (QED) is 0.347. The van der Waals surface area contributed by atoms with Gasteiger partial charge >= 0.3 is 0 Å². The Labute approximate surface area is 143 Å². The molecular weight excluding hydrogens is 308 g/mol. The average Bonchev–Trinajstić information content (AvgIpc) is 2.59. The highest BCUT2D eigenvalue weighted by molar-refractivity contribution is 5.83. The summed E-state index contributed by atoms with van der Waals surface area (Å²) in [6.45, 7) is 4.83. The van der Waals surface area contributed by atoms with Crippen molar-refractivity contribution in [3.8, 4) is 0 Å². The second kappa shape index (κ2) is 11.6. The fraction of sp³-hybridized carbons (Fsp3) is 0.556. The van der Waals surface area contributed by atoms with Crippen LogP contribution < -0.4 is 5.32 Å². The van der Waals surface area contributed by atoms with E-state index in [1.165, 1.54) is 0 Å². The molecule has 24 heavy (non-hydrogen) atoms. The topological polar surface area (TPSA) is 78.9 Å². The summed E-state index contributed by atoms with van der Waals surface area (Å²) in [5.41, 5.74) is 0.918. The summed E-state index contributed by atoms with van der Waals surface area (Å²) in [6, 6.07) is 8.76. The smallest absolute Gasteiger partial charge is 0.245 e. The van der Waals surface area contributed by atoms with Crippen LogP contribution in [-0.2, 0) is 21.0 Å². The average molecular weight is 336 g/mol. The van der Waals surface area contributed by atoms with E-state index in [9.17, 15) is 9.59 Å². The first-order valence-electron chi connectivity index (χ1n) is 8.37. The molecule has 0 radical (unpaired) electrons. The predicted octanol–water partition coefficient (Wildman–Crippen LogP) is 1.88. The SMILES string of the molecule is CC(C)CNC(=O)[C@@H](CCCCO)N(C=O)OCc1ccccc1. The van der Waals surface area contributed by atoms with Crippen molar-refractivity contribution in [3.05, 3.63) is 35.9 Å². The molecule has 0 saturated heterocycles. The lowest BCUT2D eigenvalue weighted by atomic mass is 10.1. The standard InChI is InChI=1S/C18H28N2O4/c1-15(2)12-19-18(23)17(10-6-7-11-21)20(14-22)24-13-16-8-4-3-5-9-16/h3-5,8-9,14-15,17,21H,6-7,10-13H2,1-2H3,(H,19,23)/t17-/m1/s1. The van der Waals surface area contributed by atoms with Crippen LogP contribution in [0.1, 0.15) is 38.7 Å². The van der Waals surface area contributed by atoms with Gasteiger partial charge in [0.2, 0.25) is 12.3 Å². The molecular formula is C18H28N2O4. The number of nitrogens with one attached hydrogen (secondary N) is 1. The van der Waals surface area contributed by atoms with E-state index in [-0.39, 0.29) is 19.1 Å². The Bertz CT molecular complexity index is 479. The van der Waals surface area contributed by atoms with Gasteiger partial charge in [0, 0.05) is 13.2 Å². The van der Waals surface area contributed by atoms with Crippen molar-refractivity contribution in [2.24, 2.45) is 5.92 Å². The van der Waals surface area contributed by atoms with Crippen LogP contribution in [0.3, 0.4) is 0 Å². The zero-order valence-corrected chi connectivity index (χ0v) is 14.5. The molecule has 0 fully saturated rings. The first kappa shape index (κ1) is 20.1. The van der Waals surface area contributed by atoms with E-state index >= 15 is 0 Å². The Morgan fingerprint density at radius 2 is 2.00 bits per heavy atom. The molecule has 134 valence electrons. The second-order valence-electron chi connectivity index (χ2n) is 6.10. The number of benzene rings is 1. The number of hydroxylamine groups is 2. The molecule has 0 unspecified atom stereocenters. The van der Waals surface area contributed by atoms with Crippen LogP contribution in [0.5, 0.6) is 0 Å². The molecule has 6 nitrogen and oxygen atoms in total. The molecule has 2 N–H and O–H groups in total. The third-order valence-corrected chi connectivity index (χ3v) is 3.51. The van der Waals surface area contributed by atoms with E-state index in [2.05, 4.69) is 5.32 Å². The minimum absolute atomic E-state index is 0.0618. The molecule has 1 atom stereocenters. The second-order valence-corrected chi connectivity index (χ2v) is 6.10. The van der Waals surface area contributed by atoms with Crippen molar-refractivity contribution in [1.82, 2.24) is 10.4 Å². The summed E-state index contributed by atoms with van der Waals surface area (Å²) < 4.78 is 0. The maximum Gasteiger partial charge on any atom is 0.245 e. The van der Waals surface area contributed by atoms with Crippen molar-refractivity contribution in [1.29, 1.82) is 0 Å². The first-order valence-corrected chi connectivity index (χ1v) is 8.37. The lowest BCUT2D eigenvalue weighted by Gasteiger charge is -2.26. The first-order chi connectivity index (χ1) is 11.6. The molecule has 2 amide bonds. The molecule has 0 heterocycles. The van der Waals surface area contributed by atoms with E-state index in [0.717, 1.165) is 10.6 Å². The third kappa shape index (κ3) is 7.57. The number of hydrogen-bond donors (Lipinski definition) is 2. The van der Waals surface area contributed by atoms with Gasteiger partial charge in [-0.05, 0) is 30.7 Å². The lowest BCUT2D eigenvalue weighted by Crippen LogP contribution is -2.47. The zero-order chi connectivity index (χ0) is 17.8. The number of carbonyl (C=O) groups is 2. The maximum atomic E-state index is 12.4. The number of hydrogen-bond acceptors (Lipinski definition) is 4. The van der Waals surface area contributed by atoms with Gasteiger partial charge in [0.05, 0.1) is 0 Å². The highest BCUT2D eigenvalue weighted by Gasteiger charge is 2.25. The Balaban J connectivity index is 2.68. The highest BCUT2D eigenvalue weighted by Crippen LogP contribution is 2.11. The Morgan fingerprint density at radius 1 is 1.29 bits per heavy atom. The van der Waals surface area contributed by atoms with Crippen LogP contribution >= 0.6 is 0 Å². The number of unbranched alkanes of at least 4 members (excludes halogenated alkanes) is 1. The van der Waals surface area contributed by atoms with Crippen LogP contribution in [0.4, 0.5) is 0 Å². The van der Waals surface area contributed by atoms with Crippen LogP contribution in [0, 0.1) is 5.92 Å². The van der Waals surface area contributed by atoms with Gasteiger partial charge < -0.3 is 10.4 Å². The van der Waals surface area contributed by atoms with Gasteiger partial charge in [0.1, 0.15) is 12.6 Å². The van der Waals surface area contributed by atoms with Crippen molar-refractivity contribution in [2.75, 3.05) is 13.2 Å². The summed E-state index contributed by atoms with van der Waals surface area (Å²) in [7, 11) is 0. The van der Waals surface area contributed by atoms with Crippen LogP contribution in [0.25, 0.3) is 0 Å². The Hall–Kier alpha value is -1.92. The van der Waals surface area contributed by atoms with Crippen molar-refractivity contribution < 1.29 is 19.5 Å². The molecule has 6 heteroatoms. The molecule has 0 aliphatic carbocycles. The van der Waals surface area contributed by atoms with Gasteiger partial charge in [-0.25, -0.2) is 5.06 Å². The third-order valence-electron chi connectivity index (χ3n) is 3.51. The van der Waals surface area contributed by atoms with Gasteiger partial charge in [-0.1, -0.05) is 44.2 Å². The largest absolute Gasteiger partial charge is 0.396 e. The number of aliphatic hydroxyl groups excluding tert-OH is 1. The summed E-state index contributed by atoms with van der Waals surface area (Å²) in [5.74, 6) is 0.0868. The minimum Gasteiger partial charge on any atom is -0.396 e. The van der Waals surface area contributed by atoms with Gasteiger partial charge in [0.15, 0.2) is 0 Å². The molecule has 0 spiro atoms. The van der Waals surface area contributed by atoms with E-state index in [4.69, 9.17) is 9.94 Å². The van der Waals surface area contributed by atoms with Gasteiger partial charge in [0.25, 0.3) is 0 Å². The van der Waals surface area contributed by atoms with Crippen LogP contribution in [0.2, 0.25) is 0 Å². The molecule has 1 aromatic rings. The zero-order valence-electron chi connectivity index (χ0n) is 14.5. The summed E-state index contributed by atoms with van der Waals surface area (Å²) in [4.78, 5) is 29.4. The van der Waals surface area contributed by atoms with E-state index in [1.807, 2.05) is 44.2 Å². The van der Waals surface area contributed by atoms with Gasteiger partial charge in [-0.2, -0.15) is 0 Å². The number of nitrogens with zero attached hydrogens (tertiary/aromatic N) is 1. The minimum atomic E-state index is -0.698. The maximum absolute atomic E-state index is 12.4. The molecule has 0 bridgehead atoms. The number of amides is 2. The normalized spacial score (nSPS) is 12.0. The van der Waals surface area contributed by atoms with Gasteiger partial charge in [-0.15, -0.1) is 0 Å². The Morgan fingerprint density at radius 3 is 2.58 bits per heavy atom.